The largest absolute Gasteiger partial charge is 0.497 e. The van der Waals surface area contributed by atoms with Gasteiger partial charge in [-0.1, -0.05) is 15.9 Å². The summed E-state index contributed by atoms with van der Waals surface area (Å²) < 4.78 is 6.43. The Hall–Kier alpha value is -0.840. The standard InChI is InChI=1S/C15H18BrNOS/c1-17-15(6-3-11-7-8-19-10-11)13-9-12(18-2)4-5-14(13)16/h4-5,7-10,15,17H,3,6H2,1-2H3. The molecular weight excluding hydrogens is 322 g/mol. The highest BCUT2D eigenvalue weighted by atomic mass is 79.9. The summed E-state index contributed by atoms with van der Waals surface area (Å²) in [6.45, 7) is 0. The minimum absolute atomic E-state index is 0.323. The van der Waals surface area contributed by atoms with Crippen LogP contribution >= 0.6 is 27.3 Å². The molecular formula is C15H18BrNOS. The third-order valence-electron chi connectivity index (χ3n) is 3.23. The molecule has 2 nitrogen and oxygen atoms in total. The van der Waals surface area contributed by atoms with Gasteiger partial charge in [-0.3, -0.25) is 0 Å². The highest BCUT2D eigenvalue weighted by Crippen LogP contribution is 2.30. The minimum atomic E-state index is 0.323. The summed E-state index contributed by atoms with van der Waals surface area (Å²) in [5.74, 6) is 0.897. The van der Waals surface area contributed by atoms with Gasteiger partial charge in [0.2, 0.25) is 0 Å². The highest BCUT2D eigenvalue weighted by Gasteiger charge is 2.13. The highest BCUT2D eigenvalue weighted by molar-refractivity contribution is 9.10. The van der Waals surface area contributed by atoms with Crippen LogP contribution in [-0.4, -0.2) is 14.2 Å². The summed E-state index contributed by atoms with van der Waals surface area (Å²) in [6.07, 6.45) is 2.15. The van der Waals surface area contributed by atoms with Crippen molar-refractivity contribution in [3.05, 3.63) is 50.6 Å². The average molecular weight is 340 g/mol. The molecule has 1 heterocycles. The van der Waals surface area contributed by atoms with Crippen molar-refractivity contribution < 1.29 is 4.74 Å². The second-order valence-electron chi connectivity index (χ2n) is 4.40. The molecule has 1 atom stereocenters. The zero-order valence-electron chi connectivity index (χ0n) is 11.2. The van der Waals surface area contributed by atoms with Crippen molar-refractivity contribution in [1.29, 1.82) is 0 Å². The molecule has 1 unspecified atom stereocenters. The fourth-order valence-electron chi connectivity index (χ4n) is 2.12. The van der Waals surface area contributed by atoms with E-state index in [0.29, 0.717) is 6.04 Å². The van der Waals surface area contributed by atoms with Gasteiger partial charge in [-0.05, 0) is 66.0 Å². The Bertz CT molecular complexity index is 513. The van der Waals surface area contributed by atoms with Crippen LogP contribution in [0.4, 0.5) is 0 Å². The van der Waals surface area contributed by atoms with Crippen molar-refractivity contribution in [2.75, 3.05) is 14.2 Å². The van der Waals surface area contributed by atoms with Gasteiger partial charge in [0, 0.05) is 10.5 Å². The van der Waals surface area contributed by atoms with E-state index >= 15 is 0 Å². The van der Waals surface area contributed by atoms with Crippen molar-refractivity contribution in [2.45, 2.75) is 18.9 Å². The monoisotopic (exact) mass is 339 g/mol. The van der Waals surface area contributed by atoms with Crippen LogP contribution in [0.5, 0.6) is 5.75 Å². The van der Waals surface area contributed by atoms with Crippen molar-refractivity contribution in [1.82, 2.24) is 5.32 Å². The van der Waals surface area contributed by atoms with Gasteiger partial charge in [0.25, 0.3) is 0 Å². The number of rotatable bonds is 6. The molecule has 1 aromatic heterocycles. The predicted octanol–water partition coefficient (Wildman–Crippen LogP) is 4.41. The first-order chi connectivity index (χ1) is 9.24. The molecule has 0 saturated heterocycles. The molecule has 0 spiro atoms. The normalized spacial score (nSPS) is 12.4. The van der Waals surface area contributed by atoms with Gasteiger partial charge in [0.1, 0.15) is 5.75 Å². The summed E-state index contributed by atoms with van der Waals surface area (Å²) in [6, 6.07) is 8.63. The van der Waals surface area contributed by atoms with Crippen LogP contribution in [0.1, 0.15) is 23.6 Å². The zero-order valence-corrected chi connectivity index (χ0v) is 13.6. The van der Waals surface area contributed by atoms with E-state index in [1.807, 2.05) is 19.2 Å². The topological polar surface area (TPSA) is 21.3 Å². The molecule has 0 radical (unpaired) electrons. The Morgan fingerprint density at radius 2 is 2.21 bits per heavy atom. The van der Waals surface area contributed by atoms with Crippen LogP contribution in [0, 0.1) is 0 Å². The van der Waals surface area contributed by atoms with E-state index in [1.165, 1.54) is 11.1 Å². The van der Waals surface area contributed by atoms with Crippen LogP contribution in [0.2, 0.25) is 0 Å². The van der Waals surface area contributed by atoms with Gasteiger partial charge in [-0.15, -0.1) is 0 Å². The van der Waals surface area contributed by atoms with Crippen molar-refractivity contribution >= 4 is 27.3 Å². The Morgan fingerprint density at radius 3 is 2.84 bits per heavy atom. The summed E-state index contributed by atoms with van der Waals surface area (Å²) >= 11 is 5.38. The van der Waals surface area contributed by atoms with Crippen LogP contribution in [0.3, 0.4) is 0 Å². The van der Waals surface area contributed by atoms with Crippen LogP contribution < -0.4 is 10.1 Å². The van der Waals surface area contributed by atoms with Crippen molar-refractivity contribution in [3.8, 4) is 5.75 Å². The van der Waals surface area contributed by atoms with Crippen LogP contribution in [-0.2, 0) is 6.42 Å². The number of nitrogens with one attached hydrogen (secondary N) is 1. The van der Waals surface area contributed by atoms with Crippen molar-refractivity contribution in [3.63, 3.8) is 0 Å². The Kier molecular flexibility index (Phi) is 5.43. The molecule has 19 heavy (non-hydrogen) atoms. The van der Waals surface area contributed by atoms with E-state index in [1.54, 1.807) is 18.4 Å². The first-order valence-corrected chi connectivity index (χ1v) is 8.00. The number of hydrogen-bond donors (Lipinski definition) is 1. The molecule has 2 aromatic rings. The Balaban J connectivity index is 2.12. The maximum absolute atomic E-state index is 5.31. The van der Waals surface area contributed by atoms with E-state index in [9.17, 15) is 0 Å². The zero-order chi connectivity index (χ0) is 13.7. The number of ether oxygens (including phenoxy) is 1. The molecule has 0 bridgehead atoms. The molecule has 0 aliphatic rings. The molecule has 102 valence electrons. The predicted molar refractivity (Wildman–Crippen MR) is 85.1 cm³/mol. The first-order valence-electron chi connectivity index (χ1n) is 6.26. The number of halogens is 1. The van der Waals surface area contributed by atoms with Gasteiger partial charge in [0.05, 0.1) is 7.11 Å². The number of aryl methyl sites for hydroxylation is 1. The smallest absolute Gasteiger partial charge is 0.119 e. The van der Waals surface area contributed by atoms with E-state index in [4.69, 9.17) is 4.74 Å². The van der Waals surface area contributed by atoms with Gasteiger partial charge in [-0.25, -0.2) is 0 Å². The lowest BCUT2D eigenvalue weighted by Gasteiger charge is -2.18. The number of benzene rings is 1. The molecule has 0 fully saturated rings. The molecule has 0 aliphatic heterocycles. The average Bonchev–Trinajstić information content (AvgIpc) is 2.94. The molecule has 2 rings (SSSR count). The molecule has 4 heteroatoms. The Labute approximate surface area is 126 Å². The number of hydrogen-bond acceptors (Lipinski definition) is 3. The quantitative estimate of drug-likeness (QED) is 0.841. The van der Waals surface area contributed by atoms with Gasteiger partial charge in [-0.2, -0.15) is 11.3 Å². The minimum Gasteiger partial charge on any atom is -0.497 e. The number of thiophene rings is 1. The van der Waals surface area contributed by atoms with Gasteiger partial charge < -0.3 is 10.1 Å². The summed E-state index contributed by atoms with van der Waals surface area (Å²) in [7, 11) is 3.71. The molecule has 0 aliphatic carbocycles. The summed E-state index contributed by atoms with van der Waals surface area (Å²) in [4.78, 5) is 0. The van der Waals surface area contributed by atoms with Crippen molar-refractivity contribution in [2.24, 2.45) is 0 Å². The van der Waals surface area contributed by atoms with Gasteiger partial charge >= 0.3 is 0 Å². The maximum atomic E-state index is 5.31. The van der Waals surface area contributed by atoms with Crippen LogP contribution in [0.25, 0.3) is 0 Å². The summed E-state index contributed by atoms with van der Waals surface area (Å²) in [5.41, 5.74) is 2.65. The lowest BCUT2D eigenvalue weighted by molar-refractivity contribution is 0.412. The third-order valence-corrected chi connectivity index (χ3v) is 4.68. The Morgan fingerprint density at radius 1 is 1.37 bits per heavy atom. The second-order valence-corrected chi connectivity index (χ2v) is 6.03. The third kappa shape index (κ3) is 3.81. The lowest BCUT2D eigenvalue weighted by atomic mass is 10.00. The number of methoxy groups -OCH3 is 1. The molecule has 0 saturated carbocycles. The SMILES string of the molecule is CNC(CCc1ccsc1)c1cc(OC)ccc1Br. The fourth-order valence-corrected chi connectivity index (χ4v) is 3.34. The van der Waals surface area contributed by atoms with E-state index in [0.717, 1.165) is 23.1 Å². The maximum Gasteiger partial charge on any atom is 0.119 e. The lowest BCUT2D eigenvalue weighted by Crippen LogP contribution is -2.17. The van der Waals surface area contributed by atoms with E-state index in [-0.39, 0.29) is 0 Å². The molecule has 0 amide bonds. The van der Waals surface area contributed by atoms with E-state index in [2.05, 4.69) is 44.1 Å². The second kappa shape index (κ2) is 7.08. The summed E-state index contributed by atoms with van der Waals surface area (Å²) in [5, 5.41) is 7.74. The van der Waals surface area contributed by atoms with Gasteiger partial charge in [0.15, 0.2) is 0 Å². The molecule has 1 N–H and O–H groups in total. The fraction of sp³-hybridized carbons (Fsp3) is 0.333. The van der Waals surface area contributed by atoms with E-state index < -0.39 is 0 Å². The first kappa shape index (κ1) is 14.6. The molecule has 1 aromatic carbocycles. The van der Waals surface area contributed by atoms with Crippen LogP contribution in [0.15, 0.2) is 39.5 Å².